The van der Waals surface area contributed by atoms with Gasteiger partial charge in [0, 0.05) is 37.7 Å². The summed E-state index contributed by atoms with van der Waals surface area (Å²) in [5.74, 6) is -0.367. The molecule has 3 rings (SSSR count). The third-order valence-corrected chi connectivity index (χ3v) is 6.98. The molecule has 140 valence electrons. The molecule has 0 radical (unpaired) electrons. The van der Waals surface area contributed by atoms with Crippen LogP contribution in [0, 0.1) is 5.92 Å². The Labute approximate surface area is 157 Å². The van der Waals surface area contributed by atoms with E-state index >= 15 is 0 Å². The predicted molar refractivity (Wildman–Crippen MR) is 100 cm³/mol. The van der Waals surface area contributed by atoms with E-state index in [0.717, 1.165) is 43.0 Å². The van der Waals surface area contributed by atoms with Gasteiger partial charge in [-0.25, -0.2) is 17.9 Å². The molecule has 0 atom stereocenters. The second kappa shape index (κ2) is 8.15. The third-order valence-electron chi connectivity index (χ3n) is 4.49. The fourth-order valence-corrected chi connectivity index (χ4v) is 5.45. The first kappa shape index (κ1) is 18.8. The van der Waals surface area contributed by atoms with Crippen molar-refractivity contribution in [2.24, 2.45) is 5.92 Å². The van der Waals surface area contributed by atoms with Gasteiger partial charge in [0.25, 0.3) is 0 Å². The Bertz CT molecular complexity index is 844. The summed E-state index contributed by atoms with van der Waals surface area (Å²) in [6.45, 7) is 2.12. The quantitative estimate of drug-likeness (QED) is 0.754. The highest BCUT2D eigenvalue weighted by Crippen LogP contribution is 2.25. The van der Waals surface area contributed by atoms with Crippen LogP contribution in [0.25, 0.3) is 0 Å². The van der Waals surface area contributed by atoms with E-state index in [9.17, 15) is 13.2 Å². The fourth-order valence-electron chi connectivity index (χ4n) is 3.01. The molecule has 2 aromatic rings. The number of esters is 1. The highest BCUT2D eigenvalue weighted by Gasteiger charge is 2.26. The number of nitrogens with one attached hydrogen (secondary N) is 1. The van der Waals surface area contributed by atoms with Crippen LogP contribution in [0.15, 0.2) is 40.9 Å². The average Bonchev–Trinajstić information content (AvgIpc) is 3.18. The lowest BCUT2D eigenvalue weighted by atomic mass is 9.97. The summed E-state index contributed by atoms with van der Waals surface area (Å²) in [6.07, 6.45) is 5.35. The molecular weight excluding hydrogens is 374 g/mol. The summed E-state index contributed by atoms with van der Waals surface area (Å²) in [7, 11) is -2.49. The van der Waals surface area contributed by atoms with Crippen molar-refractivity contribution >= 4 is 33.0 Å². The van der Waals surface area contributed by atoms with Gasteiger partial charge in [-0.1, -0.05) is 0 Å². The highest BCUT2D eigenvalue weighted by molar-refractivity contribution is 7.89. The number of methoxy groups -OCH3 is 1. The number of rotatable bonds is 6. The number of pyridine rings is 1. The van der Waals surface area contributed by atoms with Crippen LogP contribution in [0.1, 0.15) is 22.5 Å². The fraction of sp³-hybridized carbons (Fsp3) is 0.412. The van der Waals surface area contributed by atoms with Crippen molar-refractivity contribution in [1.82, 2.24) is 9.71 Å². The van der Waals surface area contributed by atoms with Crippen molar-refractivity contribution < 1.29 is 17.9 Å². The van der Waals surface area contributed by atoms with Gasteiger partial charge in [0.15, 0.2) is 0 Å². The minimum atomic E-state index is -3.73. The first-order valence-electron chi connectivity index (χ1n) is 8.31. The molecule has 2 aromatic heterocycles. The van der Waals surface area contributed by atoms with Crippen molar-refractivity contribution in [2.45, 2.75) is 17.7 Å². The maximum atomic E-state index is 12.5. The van der Waals surface area contributed by atoms with Crippen molar-refractivity contribution in [3.63, 3.8) is 0 Å². The lowest BCUT2D eigenvalue weighted by Gasteiger charge is -2.33. The Morgan fingerprint density at radius 3 is 2.65 bits per heavy atom. The number of thiophene rings is 1. The van der Waals surface area contributed by atoms with Crippen LogP contribution in [0.5, 0.6) is 0 Å². The Kier molecular flexibility index (Phi) is 5.90. The first-order valence-corrected chi connectivity index (χ1v) is 10.7. The monoisotopic (exact) mass is 395 g/mol. The molecule has 0 amide bonds. The van der Waals surface area contributed by atoms with Gasteiger partial charge >= 0.3 is 5.97 Å². The SMILES string of the molecule is COC(=O)c1sccc1S(=O)(=O)NCC1CCN(c2ccncc2)CC1. The smallest absolute Gasteiger partial charge is 0.349 e. The third kappa shape index (κ3) is 4.22. The zero-order valence-corrected chi connectivity index (χ0v) is 16.1. The lowest BCUT2D eigenvalue weighted by Crippen LogP contribution is -2.38. The number of aromatic nitrogens is 1. The molecule has 0 saturated carbocycles. The summed E-state index contributed by atoms with van der Waals surface area (Å²) in [4.78, 5) is 18.1. The van der Waals surface area contributed by atoms with Gasteiger partial charge in [-0.15, -0.1) is 11.3 Å². The van der Waals surface area contributed by atoms with Crippen LogP contribution in [-0.2, 0) is 14.8 Å². The van der Waals surface area contributed by atoms with E-state index < -0.39 is 16.0 Å². The van der Waals surface area contributed by atoms with Crippen LogP contribution in [0.3, 0.4) is 0 Å². The molecule has 0 unspecified atom stereocenters. The van der Waals surface area contributed by atoms with Crippen LogP contribution in [0.4, 0.5) is 5.69 Å². The van der Waals surface area contributed by atoms with Crippen molar-refractivity contribution in [1.29, 1.82) is 0 Å². The molecule has 3 heterocycles. The average molecular weight is 396 g/mol. The van der Waals surface area contributed by atoms with E-state index in [2.05, 4.69) is 19.3 Å². The molecule has 0 aliphatic carbocycles. The summed E-state index contributed by atoms with van der Waals surface area (Å²) in [6, 6.07) is 5.40. The minimum absolute atomic E-state index is 0.0106. The molecular formula is C17H21N3O4S2. The number of piperidine rings is 1. The molecule has 1 aliphatic heterocycles. The molecule has 1 fully saturated rings. The number of carbonyl (C=O) groups excluding carboxylic acids is 1. The Balaban J connectivity index is 1.56. The molecule has 9 heteroatoms. The van der Waals surface area contributed by atoms with Crippen molar-refractivity contribution in [3.8, 4) is 0 Å². The van der Waals surface area contributed by atoms with Crippen molar-refractivity contribution in [3.05, 3.63) is 40.8 Å². The molecule has 1 N–H and O–H groups in total. The van der Waals surface area contributed by atoms with Gasteiger partial charge in [0.05, 0.1) is 7.11 Å². The maximum Gasteiger partial charge on any atom is 0.349 e. The topological polar surface area (TPSA) is 88.6 Å². The molecule has 0 bridgehead atoms. The zero-order valence-electron chi connectivity index (χ0n) is 14.4. The first-order chi connectivity index (χ1) is 12.5. The summed E-state index contributed by atoms with van der Waals surface area (Å²) in [5.41, 5.74) is 1.14. The lowest BCUT2D eigenvalue weighted by molar-refractivity contribution is 0.0602. The number of hydrogen-bond acceptors (Lipinski definition) is 7. The molecule has 0 aromatic carbocycles. The summed E-state index contributed by atoms with van der Waals surface area (Å²) < 4.78 is 32.4. The van der Waals surface area contributed by atoms with E-state index in [1.165, 1.54) is 13.2 Å². The molecule has 0 spiro atoms. The normalized spacial score (nSPS) is 15.8. The standard InChI is InChI=1S/C17H21N3O4S2/c1-24-17(21)16-15(6-11-25-16)26(22,23)19-12-13-4-9-20(10-5-13)14-2-7-18-8-3-14/h2-3,6-8,11,13,19H,4-5,9-10,12H2,1H3. The summed E-state index contributed by atoms with van der Waals surface area (Å²) >= 11 is 1.06. The van der Waals surface area contributed by atoms with Gasteiger partial charge in [-0.3, -0.25) is 4.98 Å². The van der Waals surface area contributed by atoms with Gasteiger partial charge in [0.1, 0.15) is 9.77 Å². The van der Waals surface area contributed by atoms with Crippen molar-refractivity contribution in [2.75, 3.05) is 31.6 Å². The largest absolute Gasteiger partial charge is 0.465 e. The Hall–Kier alpha value is -1.97. The van der Waals surface area contributed by atoms with Crippen LogP contribution < -0.4 is 9.62 Å². The minimum Gasteiger partial charge on any atom is -0.465 e. The number of sulfonamides is 1. The second-order valence-corrected chi connectivity index (χ2v) is 8.74. The predicted octanol–water partition coefficient (Wildman–Crippen LogP) is 2.12. The van der Waals surface area contributed by atoms with Crippen LogP contribution >= 0.6 is 11.3 Å². The van der Waals surface area contributed by atoms with E-state index in [4.69, 9.17) is 0 Å². The van der Waals surface area contributed by atoms with E-state index in [1.807, 2.05) is 12.1 Å². The van der Waals surface area contributed by atoms with Gasteiger partial charge in [0.2, 0.25) is 10.0 Å². The number of anilines is 1. The number of ether oxygens (including phenoxy) is 1. The van der Waals surface area contributed by atoms with E-state index in [-0.39, 0.29) is 15.7 Å². The summed E-state index contributed by atoms with van der Waals surface area (Å²) in [5, 5.41) is 1.58. The number of carbonyl (C=O) groups is 1. The Morgan fingerprint density at radius 2 is 2.00 bits per heavy atom. The van der Waals surface area contributed by atoms with E-state index in [1.54, 1.807) is 17.8 Å². The van der Waals surface area contributed by atoms with Gasteiger partial charge < -0.3 is 9.64 Å². The highest BCUT2D eigenvalue weighted by atomic mass is 32.2. The van der Waals surface area contributed by atoms with E-state index in [0.29, 0.717) is 6.54 Å². The van der Waals surface area contributed by atoms with Gasteiger partial charge in [-0.05, 0) is 42.3 Å². The van der Waals surface area contributed by atoms with Crippen LogP contribution in [-0.4, -0.2) is 46.1 Å². The Morgan fingerprint density at radius 1 is 1.31 bits per heavy atom. The number of hydrogen-bond donors (Lipinski definition) is 1. The maximum absolute atomic E-state index is 12.5. The van der Waals surface area contributed by atoms with Crippen LogP contribution in [0.2, 0.25) is 0 Å². The molecule has 7 nitrogen and oxygen atoms in total. The number of nitrogens with zero attached hydrogens (tertiary/aromatic N) is 2. The zero-order chi connectivity index (χ0) is 18.6. The molecule has 1 aliphatic rings. The van der Waals surface area contributed by atoms with Gasteiger partial charge in [-0.2, -0.15) is 0 Å². The molecule has 26 heavy (non-hydrogen) atoms. The molecule has 1 saturated heterocycles. The second-order valence-electron chi connectivity index (χ2n) is 6.09.